The Balaban J connectivity index is 1.58. The third-order valence-electron chi connectivity index (χ3n) is 4.27. The minimum atomic E-state index is -0.309. The third-order valence-corrected chi connectivity index (χ3v) is 4.27. The summed E-state index contributed by atoms with van der Waals surface area (Å²) < 4.78 is 5.74. The molecule has 0 heterocycles. The first-order valence-corrected chi connectivity index (χ1v) is 8.74. The van der Waals surface area contributed by atoms with Gasteiger partial charge in [0.15, 0.2) is 0 Å². The van der Waals surface area contributed by atoms with Crippen molar-refractivity contribution in [1.29, 1.82) is 0 Å². The van der Waals surface area contributed by atoms with Gasteiger partial charge in [-0.3, -0.25) is 0 Å². The number of nitrogens with two attached hydrogens (primary N) is 1. The summed E-state index contributed by atoms with van der Waals surface area (Å²) in [6.07, 6.45) is 0. The molecule has 0 saturated carbocycles. The van der Waals surface area contributed by atoms with Crippen molar-refractivity contribution in [3.63, 3.8) is 0 Å². The second-order valence-corrected chi connectivity index (χ2v) is 6.39. The summed E-state index contributed by atoms with van der Waals surface area (Å²) in [5, 5.41) is 5.61. The standard InChI is InChI=1S/C22H23N3O2/c1-15-8-9-17(12-16(15)2)14-24-22(26)25-21-11-10-19(13-20(21)23)27-18-6-4-3-5-7-18/h3-13H,14,23H2,1-2H3,(H2,24,25,26). The summed E-state index contributed by atoms with van der Waals surface area (Å²) in [4.78, 5) is 12.2. The molecule has 3 rings (SSSR count). The van der Waals surface area contributed by atoms with Crippen LogP contribution in [0.5, 0.6) is 11.5 Å². The monoisotopic (exact) mass is 361 g/mol. The minimum Gasteiger partial charge on any atom is -0.457 e. The quantitative estimate of drug-likeness (QED) is 0.560. The topological polar surface area (TPSA) is 76.4 Å². The zero-order valence-electron chi connectivity index (χ0n) is 15.5. The molecule has 0 unspecified atom stereocenters. The Hall–Kier alpha value is -3.47. The Bertz CT molecular complexity index is 940. The van der Waals surface area contributed by atoms with E-state index in [0.717, 1.165) is 11.3 Å². The van der Waals surface area contributed by atoms with Crippen LogP contribution >= 0.6 is 0 Å². The molecule has 5 nitrogen and oxygen atoms in total. The van der Waals surface area contributed by atoms with Gasteiger partial charge in [0.2, 0.25) is 0 Å². The van der Waals surface area contributed by atoms with Crippen LogP contribution < -0.4 is 21.1 Å². The van der Waals surface area contributed by atoms with Crippen LogP contribution in [-0.4, -0.2) is 6.03 Å². The number of anilines is 2. The lowest BCUT2D eigenvalue weighted by molar-refractivity contribution is 0.251. The molecule has 0 aliphatic carbocycles. The average Bonchev–Trinajstić information content (AvgIpc) is 2.66. The van der Waals surface area contributed by atoms with Gasteiger partial charge in [0.25, 0.3) is 0 Å². The maximum atomic E-state index is 12.2. The lowest BCUT2D eigenvalue weighted by Crippen LogP contribution is -2.28. The molecule has 0 fully saturated rings. The molecule has 0 aromatic heterocycles. The van der Waals surface area contributed by atoms with E-state index in [1.807, 2.05) is 42.5 Å². The fourth-order valence-electron chi connectivity index (χ4n) is 2.61. The predicted molar refractivity (Wildman–Crippen MR) is 109 cm³/mol. The van der Waals surface area contributed by atoms with Gasteiger partial charge in [-0.05, 0) is 54.8 Å². The molecule has 2 amide bonds. The fraction of sp³-hybridized carbons (Fsp3) is 0.136. The van der Waals surface area contributed by atoms with E-state index in [-0.39, 0.29) is 6.03 Å². The van der Waals surface area contributed by atoms with Crippen LogP contribution in [0.2, 0.25) is 0 Å². The van der Waals surface area contributed by atoms with Gasteiger partial charge in [-0.1, -0.05) is 36.4 Å². The predicted octanol–water partition coefficient (Wildman–Crippen LogP) is 5.00. The van der Waals surface area contributed by atoms with Crippen molar-refractivity contribution in [1.82, 2.24) is 5.32 Å². The van der Waals surface area contributed by atoms with Crippen molar-refractivity contribution in [3.05, 3.63) is 83.4 Å². The Morgan fingerprint density at radius 2 is 1.70 bits per heavy atom. The number of nitrogens with one attached hydrogen (secondary N) is 2. The zero-order valence-corrected chi connectivity index (χ0v) is 15.5. The number of benzene rings is 3. The first-order chi connectivity index (χ1) is 13.0. The zero-order chi connectivity index (χ0) is 19.2. The van der Waals surface area contributed by atoms with E-state index in [9.17, 15) is 4.79 Å². The highest BCUT2D eigenvalue weighted by Crippen LogP contribution is 2.27. The van der Waals surface area contributed by atoms with E-state index >= 15 is 0 Å². The van der Waals surface area contributed by atoms with Gasteiger partial charge in [-0.25, -0.2) is 4.79 Å². The molecule has 0 aliphatic heterocycles. The Morgan fingerprint density at radius 3 is 2.41 bits per heavy atom. The van der Waals surface area contributed by atoms with Gasteiger partial charge < -0.3 is 21.1 Å². The number of carbonyl (C=O) groups excluding carboxylic acids is 1. The van der Waals surface area contributed by atoms with Crippen LogP contribution in [0.4, 0.5) is 16.2 Å². The molecule has 0 radical (unpaired) electrons. The number of amides is 2. The average molecular weight is 361 g/mol. The Labute approximate surface area is 159 Å². The molecule has 3 aromatic rings. The maximum Gasteiger partial charge on any atom is 0.319 e. The van der Waals surface area contributed by atoms with E-state index < -0.39 is 0 Å². The van der Waals surface area contributed by atoms with Crippen LogP contribution in [-0.2, 0) is 6.54 Å². The molecule has 0 spiro atoms. The van der Waals surface area contributed by atoms with E-state index in [1.54, 1.807) is 18.2 Å². The summed E-state index contributed by atoms with van der Waals surface area (Å²) in [5.74, 6) is 1.34. The van der Waals surface area contributed by atoms with Gasteiger partial charge in [0.05, 0.1) is 11.4 Å². The third kappa shape index (κ3) is 5.01. The van der Waals surface area contributed by atoms with Gasteiger partial charge in [-0.2, -0.15) is 0 Å². The SMILES string of the molecule is Cc1ccc(CNC(=O)Nc2ccc(Oc3ccccc3)cc2N)cc1C. The maximum absolute atomic E-state index is 12.2. The minimum absolute atomic E-state index is 0.309. The molecule has 27 heavy (non-hydrogen) atoms. The number of ether oxygens (including phenoxy) is 1. The van der Waals surface area contributed by atoms with E-state index in [0.29, 0.717) is 23.7 Å². The smallest absolute Gasteiger partial charge is 0.319 e. The fourth-order valence-corrected chi connectivity index (χ4v) is 2.61. The molecule has 0 saturated heterocycles. The van der Waals surface area contributed by atoms with Gasteiger partial charge >= 0.3 is 6.03 Å². The number of para-hydroxylation sites is 1. The lowest BCUT2D eigenvalue weighted by Gasteiger charge is -2.12. The van der Waals surface area contributed by atoms with Gasteiger partial charge in [-0.15, -0.1) is 0 Å². The van der Waals surface area contributed by atoms with Crippen molar-refractivity contribution in [2.75, 3.05) is 11.1 Å². The van der Waals surface area contributed by atoms with E-state index in [2.05, 4.69) is 30.5 Å². The molecular formula is C22H23N3O2. The first kappa shape index (κ1) is 18.3. The van der Waals surface area contributed by atoms with Crippen molar-refractivity contribution in [3.8, 4) is 11.5 Å². The lowest BCUT2D eigenvalue weighted by atomic mass is 10.1. The molecule has 138 valence electrons. The van der Waals surface area contributed by atoms with Crippen LogP contribution in [0.25, 0.3) is 0 Å². The second kappa shape index (κ2) is 8.27. The van der Waals surface area contributed by atoms with Crippen molar-refractivity contribution in [2.24, 2.45) is 0 Å². The summed E-state index contributed by atoms with van der Waals surface area (Å²) >= 11 is 0. The van der Waals surface area contributed by atoms with E-state index in [4.69, 9.17) is 10.5 Å². The van der Waals surface area contributed by atoms with Crippen LogP contribution in [0.15, 0.2) is 66.7 Å². The number of rotatable bonds is 5. The van der Waals surface area contributed by atoms with Crippen LogP contribution in [0, 0.1) is 13.8 Å². The molecule has 0 atom stereocenters. The number of hydrogen-bond acceptors (Lipinski definition) is 3. The van der Waals surface area contributed by atoms with Crippen molar-refractivity contribution >= 4 is 17.4 Å². The van der Waals surface area contributed by atoms with E-state index in [1.165, 1.54) is 11.1 Å². The van der Waals surface area contributed by atoms with Crippen molar-refractivity contribution in [2.45, 2.75) is 20.4 Å². The highest BCUT2D eigenvalue weighted by atomic mass is 16.5. The largest absolute Gasteiger partial charge is 0.457 e. The summed E-state index contributed by atoms with van der Waals surface area (Å²) in [5.41, 5.74) is 10.5. The molecular weight excluding hydrogens is 338 g/mol. The Morgan fingerprint density at radius 1 is 0.926 bits per heavy atom. The highest BCUT2D eigenvalue weighted by molar-refractivity contribution is 5.92. The number of hydrogen-bond donors (Lipinski definition) is 3. The van der Waals surface area contributed by atoms with Crippen molar-refractivity contribution < 1.29 is 9.53 Å². The van der Waals surface area contributed by atoms with Gasteiger partial charge in [0, 0.05) is 12.6 Å². The van der Waals surface area contributed by atoms with Crippen LogP contribution in [0.3, 0.4) is 0 Å². The summed E-state index contributed by atoms with van der Waals surface area (Å²) in [6, 6.07) is 20.4. The molecule has 5 heteroatoms. The molecule has 0 bridgehead atoms. The molecule has 4 N–H and O–H groups in total. The number of nitrogen functional groups attached to an aromatic ring is 1. The molecule has 0 aliphatic rings. The number of carbonyl (C=O) groups is 1. The number of aryl methyl sites for hydroxylation is 2. The second-order valence-electron chi connectivity index (χ2n) is 6.39. The normalized spacial score (nSPS) is 10.3. The summed E-state index contributed by atoms with van der Waals surface area (Å²) in [7, 11) is 0. The number of urea groups is 1. The Kier molecular flexibility index (Phi) is 5.61. The first-order valence-electron chi connectivity index (χ1n) is 8.74. The highest BCUT2D eigenvalue weighted by Gasteiger charge is 2.07. The molecule has 3 aromatic carbocycles. The van der Waals surface area contributed by atoms with Crippen LogP contribution in [0.1, 0.15) is 16.7 Å². The van der Waals surface area contributed by atoms with Gasteiger partial charge in [0.1, 0.15) is 11.5 Å². The summed E-state index contributed by atoms with van der Waals surface area (Å²) in [6.45, 7) is 4.56.